The molecule has 6 aliphatic rings. The van der Waals surface area contributed by atoms with Gasteiger partial charge in [-0.25, -0.2) is 0 Å². The first-order chi connectivity index (χ1) is 63.2. The molecule has 129 heavy (non-hydrogen) atoms. The quantitative estimate of drug-likeness (QED) is 0.114. The lowest BCUT2D eigenvalue weighted by molar-refractivity contribution is 0.495. The highest BCUT2D eigenvalue weighted by Gasteiger charge is 2.53. The van der Waals surface area contributed by atoms with Gasteiger partial charge in [-0.05, 0) is 280 Å². The van der Waals surface area contributed by atoms with Crippen molar-refractivity contribution in [2.24, 2.45) is 0 Å². The lowest BCUT2D eigenvalue weighted by atomic mass is 9.30. The molecule has 0 atom stereocenters. The number of nitrogens with zero attached hydrogens (tertiary/aromatic N) is 7. The largest absolute Gasteiger partial charge is 0.457 e. The first-order valence-corrected chi connectivity index (χ1v) is 46.4. The van der Waals surface area contributed by atoms with Crippen molar-refractivity contribution in [2.45, 2.75) is 62.3 Å². The van der Waals surface area contributed by atoms with Gasteiger partial charge in [-0.15, -0.1) is 22.7 Å². The summed E-state index contributed by atoms with van der Waals surface area (Å²) in [4.78, 5) is 18.0. The van der Waals surface area contributed by atoms with E-state index in [1.54, 1.807) is 0 Å². The monoisotopic (exact) mass is 1690 g/mol. The van der Waals surface area contributed by atoms with Crippen molar-refractivity contribution in [3.63, 3.8) is 0 Å². The summed E-state index contributed by atoms with van der Waals surface area (Å²) in [5.41, 5.74) is 44.3. The summed E-state index contributed by atoms with van der Waals surface area (Å²) in [6.07, 6.45) is 0. The molecule has 0 amide bonds. The summed E-state index contributed by atoms with van der Waals surface area (Å²) in [5, 5.41) is 6.78. The van der Waals surface area contributed by atoms with Crippen LogP contribution in [0.4, 0.5) is 131 Å². The molecule has 6 aliphatic heterocycles. The molecule has 0 saturated heterocycles. The van der Waals surface area contributed by atoms with Crippen molar-refractivity contribution in [2.75, 3.05) is 39.6 Å². The lowest BCUT2D eigenvalue weighted by Crippen LogP contribution is -2.66. The van der Waals surface area contributed by atoms with Crippen LogP contribution in [0.5, 0.6) is 11.5 Å². The molecule has 9 nitrogen and oxygen atoms in total. The van der Waals surface area contributed by atoms with Crippen LogP contribution in [0, 0.1) is 62.3 Å². The molecule has 614 valence electrons. The zero-order valence-corrected chi connectivity index (χ0v) is 74.8. The van der Waals surface area contributed by atoms with E-state index in [1.807, 2.05) is 22.7 Å². The highest BCUT2D eigenvalue weighted by atomic mass is 32.1. The summed E-state index contributed by atoms with van der Waals surface area (Å²) in [7, 11) is 0. The molecule has 0 unspecified atom stereocenters. The molecule has 8 heterocycles. The second-order valence-corrected chi connectivity index (χ2v) is 37.9. The third kappa shape index (κ3) is 11.8. The van der Waals surface area contributed by atoms with Crippen LogP contribution in [0.15, 0.2) is 358 Å². The number of anilines is 23. The van der Waals surface area contributed by atoms with Gasteiger partial charge >= 0.3 is 0 Å². The van der Waals surface area contributed by atoms with Crippen molar-refractivity contribution in [3.8, 4) is 11.5 Å². The standard InChI is InChI=1S/C115H87B3N8OS2/c1-69-53-72(4)109(73(5)54-69)124-96-67-94-90(117-106-95(119-94)59-85(120(78-35-17-10-18-36-78)79-37-19-11-20-38-79)60-99(106)123(84-47-29-16-30-48-84)112-88-49-31-33-51-104(88)128-114(112)117)65-91(96)116-92-66-93-98(68-97(92)125(110-74(6)55-70(2)56-75(110)7)101-62-86(61-100(124)107(101)116)121(80-39-21-12-22-40-80)81-41-23-13-24-42-81)126(111-76(8)57-71(3)58-77(111)9)102-63-87(122(82-43-25-14-26-44-82)83-45-27-15-28-46-83)64-103-108(102)118(93)115-113(127-103)89-50-32-34-52-105(89)129-115/h10-68,119H,1-9H3. The summed E-state index contributed by atoms with van der Waals surface area (Å²) >= 11 is 3.82. The van der Waals surface area contributed by atoms with E-state index in [0.717, 1.165) is 147 Å². The van der Waals surface area contributed by atoms with E-state index in [2.05, 4.69) is 460 Å². The summed E-state index contributed by atoms with van der Waals surface area (Å²) in [6.45, 7) is 19.9. The average molecular weight is 1690 g/mol. The van der Waals surface area contributed by atoms with E-state index in [0.29, 0.717) is 0 Å². The molecule has 0 fully saturated rings. The Morgan fingerprint density at radius 1 is 0.256 bits per heavy atom. The van der Waals surface area contributed by atoms with Crippen molar-refractivity contribution >= 4 is 242 Å². The minimum absolute atomic E-state index is 0.228. The second kappa shape index (κ2) is 29.6. The maximum Gasteiger partial charge on any atom is 0.268 e. The topological polar surface area (TPSA) is 43.9 Å². The summed E-state index contributed by atoms with van der Waals surface area (Å²) in [5.74, 6) is 1.75. The molecule has 14 heteroatoms. The number of thiophene rings is 2. The first-order valence-electron chi connectivity index (χ1n) is 44.8. The second-order valence-electron chi connectivity index (χ2n) is 35.7. The van der Waals surface area contributed by atoms with Crippen molar-refractivity contribution in [1.82, 2.24) is 0 Å². The predicted octanol–water partition coefficient (Wildman–Crippen LogP) is 26.1. The van der Waals surface area contributed by atoms with Crippen molar-refractivity contribution < 1.29 is 4.74 Å². The van der Waals surface area contributed by atoms with Crippen LogP contribution in [0.3, 0.4) is 0 Å². The highest BCUT2D eigenvalue weighted by molar-refractivity contribution is 7.34. The Bertz CT molecular complexity index is 7680. The maximum atomic E-state index is 7.85. The van der Waals surface area contributed by atoms with Crippen LogP contribution in [-0.2, 0) is 0 Å². The highest BCUT2D eigenvalue weighted by Crippen LogP contribution is 2.57. The smallest absolute Gasteiger partial charge is 0.268 e. The van der Waals surface area contributed by atoms with Gasteiger partial charge in [-0.1, -0.05) is 223 Å². The fraction of sp³-hybridized carbons (Fsp3) is 0.0783. The number of benzene rings is 17. The van der Waals surface area contributed by atoms with Gasteiger partial charge in [0, 0.05) is 127 Å². The Labute approximate surface area is 762 Å². The molecule has 25 rings (SSSR count). The fourth-order valence-electron chi connectivity index (χ4n) is 22.7. The predicted molar refractivity (Wildman–Crippen MR) is 553 cm³/mol. The Hall–Kier alpha value is -14.9. The van der Waals surface area contributed by atoms with Gasteiger partial charge in [0.2, 0.25) is 0 Å². The van der Waals surface area contributed by atoms with E-state index in [4.69, 9.17) is 4.74 Å². The number of hydrogen-bond acceptors (Lipinski definition) is 11. The van der Waals surface area contributed by atoms with Crippen LogP contribution >= 0.6 is 22.7 Å². The molecular weight excluding hydrogens is 1610 g/mol. The van der Waals surface area contributed by atoms with Gasteiger partial charge in [0.25, 0.3) is 20.1 Å². The summed E-state index contributed by atoms with van der Waals surface area (Å²) in [6, 6.07) is 135. The van der Waals surface area contributed by atoms with Crippen LogP contribution in [-0.4, -0.2) is 20.1 Å². The van der Waals surface area contributed by atoms with Crippen LogP contribution in [0.2, 0.25) is 0 Å². The number of ether oxygens (including phenoxy) is 1. The number of nitrogens with one attached hydrogen (secondary N) is 1. The molecule has 0 aliphatic carbocycles. The Kier molecular flexibility index (Phi) is 17.5. The van der Waals surface area contributed by atoms with Crippen LogP contribution in [0.25, 0.3) is 20.2 Å². The van der Waals surface area contributed by atoms with Gasteiger partial charge in [0.05, 0.1) is 39.8 Å². The van der Waals surface area contributed by atoms with E-state index < -0.39 is 0 Å². The van der Waals surface area contributed by atoms with Crippen LogP contribution in [0.1, 0.15) is 50.1 Å². The molecule has 19 aromatic rings. The van der Waals surface area contributed by atoms with Gasteiger partial charge in [0.1, 0.15) is 11.5 Å². The Morgan fingerprint density at radius 2 is 0.597 bits per heavy atom. The fourth-order valence-corrected chi connectivity index (χ4v) is 25.3. The summed E-state index contributed by atoms with van der Waals surface area (Å²) < 4.78 is 12.8. The zero-order chi connectivity index (χ0) is 86.5. The molecule has 0 radical (unpaired) electrons. The number of hydrogen-bond donors (Lipinski definition) is 1. The van der Waals surface area contributed by atoms with Gasteiger partial charge in [-0.2, -0.15) is 0 Å². The van der Waals surface area contributed by atoms with Gasteiger partial charge in [-0.3, -0.25) is 0 Å². The third-order valence-electron chi connectivity index (χ3n) is 27.4. The van der Waals surface area contributed by atoms with Gasteiger partial charge in [0.15, 0.2) is 0 Å². The van der Waals surface area contributed by atoms with E-state index in [9.17, 15) is 0 Å². The number of fused-ring (bicyclic) bond motifs is 16. The number of aryl methyl sites for hydroxylation is 9. The molecule has 0 saturated carbocycles. The first kappa shape index (κ1) is 76.5. The molecule has 2 aromatic heterocycles. The molecule has 1 N–H and O–H groups in total. The molecule has 0 spiro atoms. The average Bonchev–Trinajstić information content (AvgIpc) is 1.20. The van der Waals surface area contributed by atoms with Gasteiger partial charge < -0.3 is 44.4 Å². The number of para-hydroxylation sites is 7. The zero-order valence-electron chi connectivity index (χ0n) is 73.2. The SMILES string of the molecule is Cc1cc(C)c(N2c3cc4c(cc3B3c5sc6ccccc6c5Oc5cc(N(c6ccccc6)c6ccccc6)cc2c53)B2c3cc5c(cc3N(c3c(C)cc(C)cc3C)c3cc(N(c6ccccc6)c6ccccc6)cc(c32)N4c2c(C)cc(C)cc2C)Nc2cc(N(c3ccccc3)c3ccccc3)cc3c2B5c2sc4ccccc4c2N3c2ccccc2)c(C)c1. The van der Waals surface area contributed by atoms with E-state index in [1.165, 1.54) is 113 Å². The Balaban J connectivity index is 0.834. The molecule has 0 bridgehead atoms. The van der Waals surface area contributed by atoms with Crippen LogP contribution < -0.4 is 92.1 Å². The number of rotatable bonds is 13. The maximum absolute atomic E-state index is 7.85. The lowest BCUT2D eigenvalue weighted by Gasteiger charge is -2.48. The van der Waals surface area contributed by atoms with E-state index in [-0.39, 0.29) is 20.1 Å². The van der Waals surface area contributed by atoms with Crippen molar-refractivity contribution in [1.29, 1.82) is 0 Å². The normalized spacial score (nSPS) is 13.2. The molecule has 17 aromatic carbocycles. The van der Waals surface area contributed by atoms with E-state index >= 15 is 0 Å². The minimum atomic E-state index is -0.387. The minimum Gasteiger partial charge on any atom is -0.457 e. The van der Waals surface area contributed by atoms with Crippen molar-refractivity contribution in [3.05, 3.63) is 408 Å². The molecular formula is C115H87B3N8OS2. The Morgan fingerprint density at radius 3 is 1.05 bits per heavy atom. The third-order valence-corrected chi connectivity index (χ3v) is 29.8.